The Morgan fingerprint density at radius 1 is 0.323 bits per heavy atom. The standard InChI is InChI=1S/C63H41NO/c1-3-18-42(19-4-1)43-34-36-44(37-35-43)60-53-27-9-7-22-48(53)49-23-8-10-28-54(49)61(60)64(58-32-17-29-55-52-26-13-16-33-59(52)65-62(55)58)47-40-38-46(39-41-47)63(45-20-5-2-6-21-45)56-30-14-11-24-50(56)51-25-12-15-31-57(51)63/h1-41H. The van der Waals surface area contributed by atoms with Crippen molar-refractivity contribution in [2.75, 3.05) is 4.90 Å². The molecule has 65 heavy (non-hydrogen) atoms. The van der Waals surface area contributed by atoms with E-state index < -0.39 is 5.41 Å². The van der Waals surface area contributed by atoms with Gasteiger partial charge in [-0.25, -0.2) is 0 Å². The summed E-state index contributed by atoms with van der Waals surface area (Å²) in [5, 5.41) is 6.95. The number of nitrogens with zero attached hydrogens (tertiary/aromatic N) is 1. The van der Waals surface area contributed by atoms with Gasteiger partial charge in [-0.05, 0) is 90.5 Å². The number of anilines is 3. The molecule has 0 bridgehead atoms. The summed E-state index contributed by atoms with van der Waals surface area (Å²) in [7, 11) is 0. The van der Waals surface area contributed by atoms with E-state index in [9.17, 15) is 0 Å². The highest BCUT2D eigenvalue weighted by Gasteiger charge is 2.46. The fourth-order valence-electron chi connectivity index (χ4n) is 11.0. The first-order valence-corrected chi connectivity index (χ1v) is 22.4. The van der Waals surface area contributed by atoms with Crippen LogP contribution in [0.4, 0.5) is 17.1 Å². The maximum absolute atomic E-state index is 6.93. The van der Waals surface area contributed by atoms with Gasteiger partial charge in [-0.15, -0.1) is 0 Å². The molecule has 0 radical (unpaired) electrons. The van der Waals surface area contributed by atoms with Gasteiger partial charge in [0.15, 0.2) is 5.58 Å². The molecule has 304 valence electrons. The van der Waals surface area contributed by atoms with E-state index in [4.69, 9.17) is 4.42 Å². The van der Waals surface area contributed by atoms with Gasteiger partial charge in [0.2, 0.25) is 0 Å². The predicted molar refractivity (Wildman–Crippen MR) is 272 cm³/mol. The molecule has 0 unspecified atom stereocenters. The molecule has 0 N–H and O–H groups in total. The van der Waals surface area contributed by atoms with Gasteiger partial charge in [0.1, 0.15) is 5.58 Å². The van der Waals surface area contributed by atoms with E-state index in [1.54, 1.807) is 0 Å². The largest absolute Gasteiger partial charge is 0.454 e. The minimum atomic E-state index is -0.516. The quantitative estimate of drug-likeness (QED) is 0.149. The molecule has 0 saturated carbocycles. The van der Waals surface area contributed by atoms with Crippen molar-refractivity contribution in [3.05, 3.63) is 271 Å². The summed E-state index contributed by atoms with van der Waals surface area (Å²) < 4.78 is 6.93. The Kier molecular flexibility index (Phi) is 8.47. The molecule has 0 spiro atoms. The van der Waals surface area contributed by atoms with Crippen LogP contribution in [0.1, 0.15) is 22.3 Å². The summed E-state index contributed by atoms with van der Waals surface area (Å²) in [5.41, 5.74) is 16.6. The number of furan rings is 1. The van der Waals surface area contributed by atoms with Gasteiger partial charge >= 0.3 is 0 Å². The van der Waals surface area contributed by atoms with E-state index in [1.807, 2.05) is 0 Å². The molecular formula is C63H41NO. The second-order valence-electron chi connectivity index (χ2n) is 17.1. The highest BCUT2D eigenvalue weighted by molar-refractivity contribution is 6.23. The van der Waals surface area contributed by atoms with Crippen LogP contribution in [0.2, 0.25) is 0 Å². The summed E-state index contributed by atoms with van der Waals surface area (Å²) in [5.74, 6) is 0. The normalized spacial score (nSPS) is 12.7. The molecule has 12 aromatic rings. The Hall–Kier alpha value is -8.46. The average molecular weight is 828 g/mol. The van der Waals surface area contributed by atoms with Crippen LogP contribution in [-0.2, 0) is 5.41 Å². The smallest absolute Gasteiger partial charge is 0.159 e. The van der Waals surface area contributed by atoms with Crippen molar-refractivity contribution in [3.63, 3.8) is 0 Å². The first-order valence-electron chi connectivity index (χ1n) is 22.4. The number of rotatable bonds is 7. The maximum atomic E-state index is 6.93. The van der Waals surface area contributed by atoms with Gasteiger partial charge in [0.25, 0.3) is 0 Å². The third kappa shape index (κ3) is 5.60. The molecule has 1 aliphatic rings. The lowest BCUT2D eigenvalue weighted by atomic mass is 9.67. The van der Waals surface area contributed by atoms with Crippen LogP contribution < -0.4 is 4.90 Å². The Morgan fingerprint density at radius 2 is 0.815 bits per heavy atom. The van der Waals surface area contributed by atoms with Crippen molar-refractivity contribution >= 4 is 60.5 Å². The van der Waals surface area contributed by atoms with Crippen molar-refractivity contribution < 1.29 is 4.42 Å². The van der Waals surface area contributed by atoms with Crippen LogP contribution in [-0.4, -0.2) is 0 Å². The highest BCUT2D eigenvalue weighted by Crippen LogP contribution is 2.57. The zero-order valence-corrected chi connectivity index (χ0v) is 35.5. The zero-order chi connectivity index (χ0) is 42.9. The summed E-state index contributed by atoms with van der Waals surface area (Å²) in [6.07, 6.45) is 0. The van der Waals surface area contributed by atoms with Crippen LogP contribution in [0.25, 0.3) is 76.9 Å². The maximum Gasteiger partial charge on any atom is 0.159 e. The minimum absolute atomic E-state index is 0.516. The van der Waals surface area contributed by atoms with Crippen LogP contribution >= 0.6 is 0 Å². The third-order valence-electron chi connectivity index (χ3n) is 13.8. The van der Waals surface area contributed by atoms with Crippen molar-refractivity contribution in [3.8, 4) is 33.4 Å². The molecule has 1 aromatic heterocycles. The fourth-order valence-corrected chi connectivity index (χ4v) is 11.0. The number of hydrogen-bond donors (Lipinski definition) is 0. The van der Waals surface area contributed by atoms with Crippen LogP contribution in [0.5, 0.6) is 0 Å². The van der Waals surface area contributed by atoms with Crippen molar-refractivity contribution in [1.29, 1.82) is 0 Å². The number of fused-ring (bicyclic) bond motifs is 9. The Bertz CT molecular complexity index is 3710. The molecule has 0 aliphatic heterocycles. The molecule has 0 amide bonds. The molecule has 0 fully saturated rings. The van der Waals surface area contributed by atoms with Gasteiger partial charge in [-0.2, -0.15) is 0 Å². The van der Waals surface area contributed by atoms with Crippen LogP contribution in [0, 0.1) is 0 Å². The van der Waals surface area contributed by atoms with Crippen LogP contribution in [0.15, 0.2) is 253 Å². The number of para-hydroxylation sites is 2. The molecule has 13 rings (SSSR count). The van der Waals surface area contributed by atoms with Gasteiger partial charge in [0, 0.05) is 27.4 Å². The second-order valence-corrected chi connectivity index (χ2v) is 17.1. The predicted octanol–water partition coefficient (Wildman–Crippen LogP) is 17.1. The van der Waals surface area contributed by atoms with Gasteiger partial charge in [0.05, 0.1) is 16.8 Å². The molecule has 0 saturated heterocycles. The summed E-state index contributed by atoms with van der Waals surface area (Å²) >= 11 is 0. The van der Waals surface area contributed by atoms with E-state index in [0.29, 0.717) is 0 Å². The minimum Gasteiger partial charge on any atom is -0.454 e. The average Bonchev–Trinajstić information content (AvgIpc) is 3.92. The fraction of sp³-hybridized carbons (Fsp3) is 0.0159. The molecule has 1 heterocycles. The van der Waals surface area contributed by atoms with E-state index in [1.165, 1.54) is 60.7 Å². The number of hydrogen-bond acceptors (Lipinski definition) is 2. The lowest BCUT2D eigenvalue weighted by Crippen LogP contribution is -2.28. The van der Waals surface area contributed by atoms with Gasteiger partial charge in [-0.1, -0.05) is 224 Å². The first kappa shape index (κ1) is 37.1. The van der Waals surface area contributed by atoms with Crippen molar-refractivity contribution in [1.82, 2.24) is 0 Å². The molecule has 11 aromatic carbocycles. The van der Waals surface area contributed by atoms with Gasteiger partial charge < -0.3 is 9.32 Å². The topological polar surface area (TPSA) is 16.4 Å². The third-order valence-corrected chi connectivity index (χ3v) is 13.8. The lowest BCUT2D eigenvalue weighted by Gasteiger charge is -2.35. The SMILES string of the molecule is c1ccc(-c2ccc(-c3c(N(c4ccc(C5(c6ccccc6)c6ccccc6-c6ccccc65)cc4)c4cccc5c4oc4ccccc45)c4ccccc4c4ccccc34)cc2)cc1. The molecule has 2 nitrogen and oxygen atoms in total. The number of benzene rings is 11. The Morgan fingerprint density at radius 3 is 1.51 bits per heavy atom. The molecule has 2 heteroatoms. The lowest BCUT2D eigenvalue weighted by molar-refractivity contribution is 0.669. The van der Waals surface area contributed by atoms with Gasteiger partial charge in [-0.3, -0.25) is 0 Å². The molecule has 0 atom stereocenters. The summed E-state index contributed by atoms with van der Waals surface area (Å²) in [4.78, 5) is 2.47. The molecular weight excluding hydrogens is 787 g/mol. The summed E-state index contributed by atoms with van der Waals surface area (Å²) in [6.45, 7) is 0. The van der Waals surface area contributed by atoms with Crippen molar-refractivity contribution in [2.24, 2.45) is 0 Å². The van der Waals surface area contributed by atoms with E-state index >= 15 is 0 Å². The van der Waals surface area contributed by atoms with E-state index in [0.717, 1.165) is 55.5 Å². The zero-order valence-electron chi connectivity index (χ0n) is 35.5. The highest BCUT2D eigenvalue weighted by atomic mass is 16.3. The Labute approximate surface area is 377 Å². The van der Waals surface area contributed by atoms with Crippen molar-refractivity contribution in [2.45, 2.75) is 5.41 Å². The monoisotopic (exact) mass is 827 g/mol. The molecule has 1 aliphatic carbocycles. The summed E-state index contributed by atoms with van der Waals surface area (Å²) in [6, 6.07) is 90.8. The second kappa shape index (κ2) is 14.8. The Balaban J connectivity index is 1.11. The van der Waals surface area contributed by atoms with Crippen LogP contribution in [0.3, 0.4) is 0 Å². The first-order chi connectivity index (χ1) is 32.3. The van der Waals surface area contributed by atoms with E-state index in [-0.39, 0.29) is 0 Å². The van der Waals surface area contributed by atoms with E-state index in [2.05, 4.69) is 254 Å².